The number of para-hydroxylation sites is 3. The zero-order valence-corrected chi connectivity index (χ0v) is 18.6. The average molecular weight is 436 g/mol. The van der Waals surface area contributed by atoms with Crippen LogP contribution in [0.5, 0.6) is 28.7 Å². The number of methoxy groups -OCH3 is 2. The summed E-state index contributed by atoms with van der Waals surface area (Å²) in [6.45, 7) is 3.16. The monoisotopic (exact) mass is 435 g/mol. The molecule has 0 aromatic heterocycles. The molecule has 0 aliphatic carbocycles. The molecule has 3 atom stereocenters. The van der Waals surface area contributed by atoms with Crippen LogP contribution in [0.2, 0.25) is 0 Å². The Hall–Kier alpha value is -3.38. The van der Waals surface area contributed by atoms with Crippen LogP contribution < -0.4 is 29.0 Å². The molecular formula is C26H29NO5. The third kappa shape index (κ3) is 4.75. The van der Waals surface area contributed by atoms with Crippen molar-refractivity contribution < 1.29 is 23.7 Å². The van der Waals surface area contributed by atoms with Crippen LogP contribution in [-0.4, -0.2) is 39.5 Å². The lowest BCUT2D eigenvalue weighted by Gasteiger charge is -2.37. The van der Waals surface area contributed by atoms with Crippen molar-refractivity contribution in [3.63, 3.8) is 0 Å². The summed E-state index contributed by atoms with van der Waals surface area (Å²) in [6, 6.07) is 23.5. The van der Waals surface area contributed by atoms with Crippen molar-refractivity contribution in [1.29, 1.82) is 0 Å². The molecule has 0 saturated heterocycles. The van der Waals surface area contributed by atoms with Gasteiger partial charge >= 0.3 is 0 Å². The Bertz CT molecular complexity index is 988. The van der Waals surface area contributed by atoms with Crippen molar-refractivity contribution >= 4 is 0 Å². The number of nitrogens with one attached hydrogen (secondary N) is 1. The first kappa shape index (κ1) is 21.8. The zero-order valence-electron chi connectivity index (χ0n) is 18.6. The standard InChI is InChI=1S/C26H29NO5/c1-18(27-16-17-30-26-22(28-2)14-9-15-23(26)29-3)24-25(19-10-5-4-6-11-19)32-21-13-8-7-12-20(21)31-24/h4-15,18,24-25,27H,16-17H2,1-3H3/t18?,24-,25-/m0/s1. The van der Waals surface area contributed by atoms with Crippen molar-refractivity contribution in [2.45, 2.75) is 25.2 Å². The summed E-state index contributed by atoms with van der Waals surface area (Å²) in [5.74, 6) is 3.40. The molecule has 1 aliphatic rings. The van der Waals surface area contributed by atoms with Crippen LogP contribution in [0, 0.1) is 0 Å². The van der Waals surface area contributed by atoms with Gasteiger partial charge in [-0.1, -0.05) is 48.5 Å². The molecule has 0 saturated carbocycles. The van der Waals surface area contributed by atoms with Crippen LogP contribution in [0.1, 0.15) is 18.6 Å². The molecule has 4 rings (SSSR count). The summed E-state index contributed by atoms with van der Waals surface area (Å²) in [7, 11) is 3.23. The van der Waals surface area contributed by atoms with E-state index in [-0.39, 0.29) is 18.2 Å². The maximum absolute atomic E-state index is 6.38. The van der Waals surface area contributed by atoms with E-state index in [4.69, 9.17) is 23.7 Å². The molecule has 0 fully saturated rings. The van der Waals surface area contributed by atoms with Crippen molar-refractivity contribution in [2.75, 3.05) is 27.4 Å². The molecule has 1 aliphatic heterocycles. The number of hydrogen-bond donors (Lipinski definition) is 1. The highest BCUT2D eigenvalue weighted by molar-refractivity contribution is 5.51. The third-order valence-corrected chi connectivity index (χ3v) is 5.48. The van der Waals surface area contributed by atoms with Crippen LogP contribution in [0.4, 0.5) is 0 Å². The first-order chi connectivity index (χ1) is 15.7. The molecule has 0 spiro atoms. The largest absolute Gasteiger partial charge is 0.493 e. The highest BCUT2D eigenvalue weighted by Crippen LogP contribution is 2.40. The van der Waals surface area contributed by atoms with E-state index < -0.39 is 0 Å². The molecule has 1 N–H and O–H groups in total. The topological polar surface area (TPSA) is 58.2 Å². The number of hydrogen-bond acceptors (Lipinski definition) is 6. The zero-order chi connectivity index (χ0) is 22.3. The van der Waals surface area contributed by atoms with E-state index >= 15 is 0 Å². The minimum atomic E-state index is -0.219. The van der Waals surface area contributed by atoms with Crippen molar-refractivity contribution in [2.24, 2.45) is 0 Å². The second-order valence-corrected chi connectivity index (χ2v) is 7.56. The lowest BCUT2D eigenvalue weighted by atomic mass is 9.98. The molecule has 3 aromatic carbocycles. The summed E-state index contributed by atoms with van der Waals surface area (Å²) in [6.07, 6.45) is -0.420. The molecule has 32 heavy (non-hydrogen) atoms. The molecule has 168 valence electrons. The normalized spacial score (nSPS) is 18.0. The summed E-state index contributed by atoms with van der Waals surface area (Å²) in [5, 5.41) is 3.52. The molecule has 3 aromatic rings. The van der Waals surface area contributed by atoms with Gasteiger partial charge in [0.2, 0.25) is 5.75 Å². The van der Waals surface area contributed by atoms with Crippen LogP contribution >= 0.6 is 0 Å². The Kier molecular flexibility index (Phi) is 7.02. The number of rotatable bonds is 9. The molecule has 1 unspecified atom stereocenters. The maximum Gasteiger partial charge on any atom is 0.203 e. The smallest absolute Gasteiger partial charge is 0.203 e. The van der Waals surface area contributed by atoms with Gasteiger partial charge < -0.3 is 29.0 Å². The van der Waals surface area contributed by atoms with E-state index in [9.17, 15) is 0 Å². The van der Waals surface area contributed by atoms with Gasteiger partial charge in [-0.15, -0.1) is 0 Å². The van der Waals surface area contributed by atoms with Gasteiger partial charge in [-0.05, 0) is 36.8 Å². The minimum absolute atomic E-state index is 0.0109. The minimum Gasteiger partial charge on any atom is -0.493 e. The quantitative estimate of drug-likeness (QED) is 0.494. The summed E-state index contributed by atoms with van der Waals surface area (Å²) in [5.41, 5.74) is 1.08. The van der Waals surface area contributed by atoms with Crippen LogP contribution in [0.25, 0.3) is 0 Å². The van der Waals surface area contributed by atoms with E-state index in [1.165, 1.54) is 0 Å². The van der Waals surface area contributed by atoms with Gasteiger partial charge in [0, 0.05) is 12.6 Å². The first-order valence-corrected chi connectivity index (χ1v) is 10.8. The van der Waals surface area contributed by atoms with Crippen molar-refractivity contribution in [3.05, 3.63) is 78.4 Å². The fourth-order valence-electron chi connectivity index (χ4n) is 3.84. The van der Waals surface area contributed by atoms with E-state index in [0.29, 0.717) is 30.4 Å². The summed E-state index contributed by atoms with van der Waals surface area (Å²) < 4.78 is 29.5. The Morgan fingerprint density at radius 1 is 0.812 bits per heavy atom. The predicted molar refractivity (Wildman–Crippen MR) is 123 cm³/mol. The second kappa shape index (κ2) is 10.3. The van der Waals surface area contributed by atoms with Gasteiger partial charge in [0.1, 0.15) is 6.61 Å². The summed E-state index contributed by atoms with van der Waals surface area (Å²) in [4.78, 5) is 0. The highest BCUT2D eigenvalue weighted by atomic mass is 16.6. The Morgan fingerprint density at radius 2 is 1.44 bits per heavy atom. The first-order valence-electron chi connectivity index (χ1n) is 10.8. The Morgan fingerprint density at radius 3 is 2.09 bits per heavy atom. The predicted octanol–water partition coefficient (Wildman–Crippen LogP) is 4.64. The maximum atomic E-state index is 6.38. The Balaban J connectivity index is 1.42. The number of benzene rings is 3. The van der Waals surface area contributed by atoms with Gasteiger partial charge in [0.25, 0.3) is 0 Å². The average Bonchev–Trinajstić information content (AvgIpc) is 2.86. The summed E-state index contributed by atoms with van der Waals surface area (Å²) >= 11 is 0. The van der Waals surface area contributed by atoms with Gasteiger partial charge in [-0.3, -0.25) is 0 Å². The number of ether oxygens (including phenoxy) is 5. The fraction of sp³-hybridized carbons (Fsp3) is 0.308. The molecule has 6 heteroatoms. The lowest BCUT2D eigenvalue weighted by molar-refractivity contribution is 0.000390. The third-order valence-electron chi connectivity index (χ3n) is 5.48. The van der Waals surface area contributed by atoms with Crippen molar-refractivity contribution in [1.82, 2.24) is 5.32 Å². The molecule has 0 amide bonds. The molecule has 6 nitrogen and oxygen atoms in total. The SMILES string of the molecule is COc1cccc(OC)c1OCCNC(C)[C@@H]1Oc2ccccc2O[C@H]1c1ccccc1. The lowest BCUT2D eigenvalue weighted by Crippen LogP contribution is -2.48. The van der Waals surface area contributed by atoms with Gasteiger partial charge in [0.05, 0.1) is 14.2 Å². The Labute approximate surface area is 189 Å². The second-order valence-electron chi connectivity index (χ2n) is 7.56. The van der Waals surface area contributed by atoms with Gasteiger partial charge in [0.15, 0.2) is 35.2 Å². The van der Waals surface area contributed by atoms with Crippen LogP contribution in [0.15, 0.2) is 72.8 Å². The van der Waals surface area contributed by atoms with E-state index in [0.717, 1.165) is 17.1 Å². The van der Waals surface area contributed by atoms with Gasteiger partial charge in [-0.25, -0.2) is 0 Å². The molecular weight excluding hydrogens is 406 g/mol. The van der Waals surface area contributed by atoms with E-state index in [1.54, 1.807) is 14.2 Å². The van der Waals surface area contributed by atoms with E-state index in [1.807, 2.05) is 60.7 Å². The van der Waals surface area contributed by atoms with Crippen LogP contribution in [-0.2, 0) is 0 Å². The van der Waals surface area contributed by atoms with Crippen LogP contribution in [0.3, 0.4) is 0 Å². The van der Waals surface area contributed by atoms with E-state index in [2.05, 4.69) is 24.4 Å². The van der Waals surface area contributed by atoms with Gasteiger partial charge in [-0.2, -0.15) is 0 Å². The highest BCUT2D eigenvalue weighted by Gasteiger charge is 2.36. The fourth-order valence-corrected chi connectivity index (χ4v) is 3.84. The molecule has 1 heterocycles. The number of fused-ring (bicyclic) bond motifs is 1. The molecule has 0 bridgehead atoms. The van der Waals surface area contributed by atoms with Crippen molar-refractivity contribution in [3.8, 4) is 28.7 Å². The molecule has 0 radical (unpaired) electrons.